The molecule has 3 aromatic carbocycles. The maximum Gasteiger partial charge on any atom is 0.342 e. The van der Waals surface area contributed by atoms with E-state index < -0.39 is 12.6 Å². The molecule has 0 spiro atoms. The van der Waals surface area contributed by atoms with Crippen LogP contribution in [-0.4, -0.2) is 28.5 Å². The van der Waals surface area contributed by atoms with E-state index in [4.69, 9.17) is 16.3 Å². The summed E-state index contributed by atoms with van der Waals surface area (Å²) < 4.78 is 5.13. The smallest absolute Gasteiger partial charge is 0.342 e. The molecule has 6 heteroatoms. The van der Waals surface area contributed by atoms with E-state index >= 15 is 0 Å². The summed E-state index contributed by atoms with van der Waals surface area (Å²) in [7, 11) is 0. The molecule has 0 fully saturated rings. The fourth-order valence-electron chi connectivity index (χ4n) is 2.81. The minimum Gasteiger partial charge on any atom is -0.507 e. The van der Waals surface area contributed by atoms with Gasteiger partial charge in [-0.15, -0.1) is 0 Å². The van der Waals surface area contributed by atoms with Gasteiger partial charge < -0.3 is 14.7 Å². The molecule has 29 heavy (non-hydrogen) atoms. The quantitative estimate of drug-likeness (QED) is 0.586. The third kappa shape index (κ3) is 5.83. The van der Waals surface area contributed by atoms with E-state index in [9.17, 15) is 14.7 Å². The standard InChI is InChI=1S/C23H20ClNO4/c24-19-11-12-21(26)20(13-19)23(28)29-16-22(27)25(14-17-7-3-1-4-8-17)15-18-9-5-2-6-10-18/h1-13,26H,14-16H2. The number of aromatic hydroxyl groups is 1. The van der Waals surface area contributed by atoms with Crippen LogP contribution in [0.5, 0.6) is 5.75 Å². The van der Waals surface area contributed by atoms with Crippen LogP contribution in [0.25, 0.3) is 0 Å². The van der Waals surface area contributed by atoms with Gasteiger partial charge >= 0.3 is 5.97 Å². The van der Waals surface area contributed by atoms with Crippen molar-refractivity contribution in [2.24, 2.45) is 0 Å². The topological polar surface area (TPSA) is 66.8 Å². The lowest BCUT2D eigenvalue weighted by molar-refractivity contribution is -0.135. The second-order valence-electron chi connectivity index (χ2n) is 6.46. The van der Waals surface area contributed by atoms with Gasteiger partial charge in [0.15, 0.2) is 6.61 Å². The van der Waals surface area contributed by atoms with E-state index in [1.807, 2.05) is 60.7 Å². The minimum absolute atomic E-state index is 0.0806. The number of carbonyl (C=O) groups is 2. The van der Waals surface area contributed by atoms with Gasteiger partial charge in [-0.1, -0.05) is 72.3 Å². The fourth-order valence-corrected chi connectivity index (χ4v) is 2.98. The van der Waals surface area contributed by atoms with Crippen molar-refractivity contribution in [2.75, 3.05) is 6.61 Å². The molecule has 148 valence electrons. The molecule has 0 unspecified atom stereocenters. The molecular weight excluding hydrogens is 390 g/mol. The first-order chi connectivity index (χ1) is 14.0. The van der Waals surface area contributed by atoms with Crippen molar-refractivity contribution in [3.8, 4) is 5.75 Å². The number of esters is 1. The maximum atomic E-state index is 12.8. The number of amides is 1. The van der Waals surface area contributed by atoms with Gasteiger partial charge in [0.05, 0.1) is 0 Å². The summed E-state index contributed by atoms with van der Waals surface area (Å²) in [5, 5.41) is 10.1. The summed E-state index contributed by atoms with van der Waals surface area (Å²) in [6, 6.07) is 23.2. The van der Waals surface area contributed by atoms with Gasteiger partial charge in [0.1, 0.15) is 11.3 Å². The molecule has 3 rings (SSSR count). The zero-order valence-corrected chi connectivity index (χ0v) is 16.4. The summed E-state index contributed by atoms with van der Waals surface area (Å²) in [4.78, 5) is 26.7. The Kier molecular flexibility index (Phi) is 6.87. The maximum absolute atomic E-state index is 12.8. The predicted octanol–water partition coefficient (Wildman–Crippen LogP) is 4.43. The SMILES string of the molecule is O=C(OCC(=O)N(Cc1ccccc1)Cc1ccccc1)c1cc(Cl)ccc1O. The number of ether oxygens (including phenoxy) is 1. The van der Waals surface area contributed by atoms with Crippen molar-refractivity contribution < 1.29 is 19.4 Å². The lowest BCUT2D eigenvalue weighted by atomic mass is 10.1. The summed E-state index contributed by atoms with van der Waals surface area (Å²) >= 11 is 5.86. The highest BCUT2D eigenvalue weighted by Crippen LogP contribution is 2.22. The molecule has 0 bridgehead atoms. The van der Waals surface area contributed by atoms with Crippen molar-refractivity contribution in [3.05, 3.63) is 101 Å². The molecule has 1 N–H and O–H groups in total. The summed E-state index contributed by atoms with van der Waals surface area (Å²) in [6.07, 6.45) is 0. The van der Waals surface area contributed by atoms with Crippen LogP contribution in [0, 0.1) is 0 Å². The number of halogens is 1. The Morgan fingerprint density at radius 2 is 1.41 bits per heavy atom. The molecule has 3 aromatic rings. The van der Waals surface area contributed by atoms with Crippen molar-refractivity contribution in [3.63, 3.8) is 0 Å². The molecule has 0 aromatic heterocycles. The monoisotopic (exact) mass is 409 g/mol. The number of rotatable bonds is 7. The van der Waals surface area contributed by atoms with Crippen LogP contribution in [0.15, 0.2) is 78.9 Å². The molecule has 5 nitrogen and oxygen atoms in total. The first-order valence-electron chi connectivity index (χ1n) is 9.04. The van der Waals surface area contributed by atoms with Gasteiger partial charge in [-0.3, -0.25) is 4.79 Å². The van der Waals surface area contributed by atoms with Crippen LogP contribution >= 0.6 is 11.6 Å². The van der Waals surface area contributed by atoms with Crippen molar-refractivity contribution in [1.29, 1.82) is 0 Å². The van der Waals surface area contributed by atoms with Gasteiger partial charge in [0, 0.05) is 18.1 Å². The van der Waals surface area contributed by atoms with Crippen molar-refractivity contribution in [2.45, 2.75) is 13.1 Å². The van der Waals surface area contributed by atoms with Crippen molar-refractivity contribution in [1.82, 2.24) is 4.90 Å². The molecular formula is C23H20ClNO4. The van der Waals surface area contributed by atoms with E-state index in [2.05, 4.69) is 0 Å². The lowest BCUT2D eigenvalue weighted by Crippen LogP contribution is -2.34. The molecule has 0 aliphatic rings. The fraction of sp³-hybridized carbons (Fsp3) is 0.130. The van der Waals surface area contributed by atoms with E-state index in [1.165, 1.54) is 18.2 Å². The third-order valence-electron chi connectivity index (χ3n) is 4.29. The second-order valence-corrected chi connectivity index (χ2v) is 6.90. The van der Waals surface area contributed by atoms with E-state index in [0.717, 1.165) is 11.1 Å². The van der Waals surface area contributed by atoms with Gasteiger partial charge in [-0.2, -0.15) is 0 Å². The van der Waals surface area contributed by atoms with Crippen LogP contribution in [0.1, 0.15) is 21.5 Å². The summed E-state index contributed by atoms with van der Waals surface area (Å²) in [5.41, 5.74) is 1.86. The minimum atomic E-state index is -0.808. The van der Waals surface area contributed by atoms with Gasteiger partial charge in [-0.05, 0) is 29.3 Å². The third-order valence-corrected chi connectivity index (χ3v) is 4.53. The van der Waals surface area contributed by atoms with E-state index in [0.29, 0.717) is 13.1 Å². The second kappa shape index (κ2) is 9.75. The highest BCUT2D eigenvalue weighted by atomic mass is 35.5. The van der Waals surface area contributed by atoms with Crippen LogP contribution in [0.4, 0.5) is 0 Å². The largest absolute Gasteiger partial charge is 0.507 e. The first-order valence-corrected chi connectivity index (χ1v) is 9.42. The molecule has 0 saturated carbocycles. The summed E-state index contributed by atoms with van der Waals surface area (Å²) in [5.74, 6) is -1.40. The Morgan fingerprint density at radius 1 is 0.862 bits per heavy atom. The number of hydrogen-bond acceptors (Lipinski definition) is 4. The predicted molar refractivity (Wildman–Crippen MR) is 111 cm³/mol. The number of hydrogen-bond donors (Lipinski definition) is 1. The molecule has 0 heterocycles. The number of carbonyl (C=O) groups excluding carboxylic acids is 2. The molecule has 0 saturated heterocycles. The number of phenols is 1. The molecule has 1 amide bonds. The average molecular weight is 410 g/mol. The number of nitrogens with zero attached hydrogens (tertiary/aromatic N) is 1. The van der Waals surface area contributed by atoms with E-state index in [1.54, 1.807) is 4.90 Å². The molecule has 0 radical (unpaired) electrons. The van der Waals surface area contributed by atoms with Crippen LogP contribution < -0.4 is 0 Å². The van der Waals surface area contributed by atoms with E-state index in [-0.39, 0.29) is 22.2 Å². The highest BCUT2D eigenvalue weighted by molar-refractivity contribution is 6.31. The normalized spacial score (nSPS) is 10.4. The number of phenolic OH excluding ortho intramolecular Hbond substituents is 1. The molecule has 0 aliphatic heterocycles. The van der Waals surface area contributed by atoms with Crippen LogP contribution in [0.2, 0.25) is 5.02 Å². The van der Waals surface area contributed by atoms with Crippen LogP contribution in [-0.2, 0) is 22.6 Å². The van der Waals surface area contributed by atoms with Gasteiger partial charge in [0.2, 0.25) is 0 Å². The average Bonchev–Trinajstić information content (AvgIpc) is 2.74. The summed E-state index contributed by atoms with van der Waals surface area (Å²) in [6.45, 7) is 0.327. The van der Waals surface area contributed by atoms with Crippen LogP contribution in [0.3, 0.4) is 0 Å². The Hall–Kier alpha value is -3.31. The Morgan fingerprint density at radius 3 is 1.97 bits per heavy atom. The van der Waals surface area contributed by atoms with Gasteiger partial charge in [0.25, 0.3) is 5.91 Å². The Labute approximate surface area is 174 Å². The molecule has 0 aliphatic carbocycles. The lowest BCUT2D eigenvalue weighted by Gasteiger charge is -2.23. The highest BCUT2D eigenvalue weighted by Gasteiger charge is 2.19. The molecule has 0 atom stereocenters. The first kappa shape index (κ1) is 20.4. The van der Waals surface area contributed by atoms with Crippen molar-refractivity contribution >= 4 is 23.5 Å². The Bertz CT molecular complexity index is 935. The van der Waals surface area contributed by atoms with Gasteiger partial charge in [-0.25, -0.2) is 4.79 Å². The zero-order chi connectivity index (χ0) is 20.6. The Balaban J connectivity index is 1.70. The number of benzene rings is 3. The zero-order valence-electron chi connectivity index (χ0n) is 15.6.